The van der Waals surface area contributed by atoms with E-state index in [9.17, 15) is 0 Å². The van der Waals surface area contributed by atoms with Crippen molar-refractivity contribution in [3.8, 4) is 5.88 Å². The summed E-state index contributed by atoms with van der Waals surface area (Å²) in [5.74, 6) is 2.04. The van der Waals surface area contributed by atoms with Crippen molar-refractivity contribution in [3.05, 3.63) is 43.2 Å². The maximum atomic E-state index is 5.71. The molecule has 0 aromatic carbocycles. The van der Waals surface area contributed by atoms with Crippen LogP contribution < -0.4 is 9.64 Å². The van der Waals surface area contributed by atoms with Crippen LogP contribution in [0.5, 0.6) is 5.88 Å². The van der Waals surface area contributed by atoms with E-state index in [2.05, 4.69) is 19.9 Å². The molecule has 22 heavy (non-hydrogen) atoms. The number of rotatable bonds is 4. The van der Waals surface area contributed by atoms with Gasteiger partial charge in [-0.05, 0) is 18.6 Å². The zero-order chi connectivity index (χ0) is 14.8. The Kier molecular flexibility index (Phi) is 3.34. The molecule has 1 aliphatic heterocycles. The summed E-state index contributed by atoms with van der Waals surface area (Å²) in [4.78, 5) is 14.9. The second kappa shape index (κ2) is 5.63. The first kappa shape index (κ1) is 13.1. The molecule has 0 N–H and O–H groups in total. The van der Waals surface area contributed by atoms with Gasteiger partial charge >= 0.3 is 0 Å². The average Bonchev–Trinajstić information content (AvgIpc) is 3.22. The molecule has 1 fully saturated rings. The van der Waals surface area contributed by atoms with Crippen LogP contribution in [0.4, 0.5) is 5.82 Å². The van der Waals surface area contributed by atoms with Crippen LogP contribution in [0.2, 0.25) is 0 Å². The van der Waals surface area contributed by atoms with E-state index in [0.717, 1.165) is 36.3 Å². The number of furan rings is 1. The van der Waals surface area contributed by atoms with Gasteiger partial charge in [0.05, 0.1) is 24.5 Å². The second-order valence-electron chi connectivity index (χ2n) is 5.42. The average molecular weight is 296 g/mol. The molecule has 4 rings (SSSR count). The summed E-state index contributed by atoms with van der Waals surface area (Å²) in [6.45, 7) is 2.56. The van der Waals surface area contributed by atoms with E-state index in [0.29, 0.717) is 18.4 Å². The maximum Gasteiger partial charge on any atom is 0.232 e. The lowest BCUT2D eigenvalue weighted by atomic mass is 10.1. The number of fused-ring (bicyclic) bond motifs is 1. The van der Waals surface area contributed by atoms with E-state index >= 15 is 0 Å². The third kappa shape index (κ3) is 2.47. The minimum Gasteiger partial charge on any atom is -0.476 e. The fourth-order valence-electron chi connectivity index (χ4n) is 2.86. The molecule has 6 nitrogen and oxygen atoms in total. The van der Waals surface area contributed by atoms with Crippen molar-refractivity contribution in [3.63, 3.8) is 0 Å². The Bertz CT molecular complexity index is 759. The Hall–Kier alpha value is -2.63. The topological polar surface area (TPSA) is 64.3 Å². The lowest BCUT2D eigenvalue weighted by Crippen LogP contribution is -2.23. The Morgan fingerprint density at radius 3 is 3.14 bits per heavy atom. The summed E-state index contributed by atoms with van der Waals surface area (Å²) < 4.78 is 11.2. The highest BCUT2D eigenvalue weighted by atomic mass is 16.5. The molecule has 112 valence electrons. The van der Waals surface area contributed by atoms with Gasteiger partial charge in [-0.1, -0.05) is 0 Å². The van der Waals surface area contributed by atoms with Gasteiger partial charge in [-0.3, -0.25) is 4.98 Å². The van der Waals surface area contributed by atoms with Crippen molar-refractivity contribution in [1.82, 2.24) is 15.0 Å². The van der Waals surface area contributed by atoms with Crippen LogP contribution in [-0.4, -0.2) is 34.6 Å². The number of anilines is 1. The minimum absolute atomic E-state index is 0.464. The monoisotopic (exact) mass is 296 g/mol. The van der Waals surface area contributed by atoms with Crippen LogP contribution >= 0.6 is 0 Å². The highest BCUT2D eigenvalue weighted by molar-refractivity contribution is 5.88. The number of ether oxygens (including phenoxy) is 1. The molecule has 0 amide bonds. The maximum absolute atomic E-state index is 5.71. The number of aromatic nitrogens is 3. The Balaban J connectivity index is 1.43. The van der Waals surface area contributed by atoms with Gasteiger partial charge in [0.15, 0.2) is 0 Å². The van der Waals surface area contributed by atoms with E-state index in [1.165, 1.54) is 0 Å². The van der Waals surface area contributed by atoms with Gasteiger partial charge in [0.2, 0.25) is 5.88 Å². The van der Waals surface area contributed by atoms with Crippen molar-refractivity contribution in [2.75, 3.05) is 24.6 Å². The number of hydrogen-bond donors (Lipinski definition) is 0. The van der Waals surface area contributed by atoms with E-state index in [-0.39, 0.29) is 0 Å². The van der Waals surface area contributed by atoms with Crippen LogP contribution in [-0.2, 0) is 0 Å². The van der Waals surface area contributed by atoms with Crippen molar-refractivity contribution in [1.29, 1.82) is 0 Å². The number of pyridine rings is 1. The molecule has 1 saturated heterocycles. The van der Waals surface area contributed by atoms with E-state index < -0.39 is 0 Å². The third-order valence-electron chi connectivity index (χ3n) is 3.95. The molecule has 0 radical (unpaired) electrons. The molecular weight excluding hydrogens is 280 g/mol. The first-order valence-corrected chi connectivity index (χ1v) is 7.36. The molecule has 4 heterocycles. The lowest BCUT2D eigenvalue weighted by Gasteiger charge is -2.18. The molecule has 1 aliphatic rings. The van der Waals surface area contributed by atoms with Crippen LogP contribution in [0.1, 0.15) is 6.42 Å². The predicted molar refractivity (Wildman–Crippen MR) is 81.9 cm³/mol. The van der Waals surface area contributed by atoms with Crippen LogP contribution in [0, 0.1) is 5.92 Å². The van der Waals surface area contributed by atoms with Gasteiger partial charge in [-0.15, -0.1) is 0 Å². The lowest BCUT2D eigenvalue weighted by molar-refractivity contribution is 0.251. The van der Waals surface area contributed by atoms with Crippen molar-refractivity contribution < 1.29 is 9.15 Å². The summed E-state index contributed by atoms with van der Waals surface area (Å²) in [7, 11) is 0. The van der Waals surface area contributed by atoms with Crippen molar-refractivity contribution in [2.45, 2.75) is 6.42 Å². The number of hydrogen-bond acceptors (Lipinski definition) is 6. The normalized spacial score (nSPS) is 18.0. The molecule has 3 aromatic heterocycles. The fourth-order valence-corrected chi connectivity index (χ4v) is 2.86. The smallest absolute Gasteiger partial charge is 0.232 e. The zero-order valence-corrected chi connectivity index (χ0v) is 12.1. The Labute approximate surface area is 127 Å². The highest BCUT2D eigenvalue weighted by Crippen LogP contribution is 2.29. The van der Waals surface area contributed by atoms with Gasteiger partial charge in [0.25, 0.3) is 0 Å². The van der Waals surface area contributed by atoms with Crippen LogP contribution in [0.3, 0.4) is 0 Å². The van der Waals surface area contributed by atoms with Gasteiger partial charge in [-0.25, -0.2) is 9.97 Å². The second-order valence-corrected chi connectivity index (χ2v) is 5.42. The molecule has 0 aliphatic carbocycles. The third-order valence-corrected chi connectivity index (χ3v) is 3.95. The largest absolute Gasteiger partial charge is 0.476 e. The van der Waals surface area contributed by atoms with Crippen LogP contribution in [0.25, 0.3) is 11.0 Å². The SMILES string of the molecule is c1cnc(OCC2CCN(c3nccc4occc34)C2)cn1. The molecule has 0 bridgehead atoms. The first-order chi connectivity index (χ1) is 10.9. The molecule has 1 atom stereocenters. The van der Waals surface area contributed by atoms with E-state index in [1.54, 1.807) is 31.1 Å². The molecule has 1 unspecified atom stereocenters. The van der Waals surface area contributed by atoms with Gasteiger partial charge < -0.3 is 14.1 Å². The van der Waals surface area contributed by atoms with E-state index in [4.69, 9.17) is 9.15 Å². The molecule has 6 heteroatoms. The molecule has 3 aromatic rings. The quantitative estimate of drug-likeness (QED) is 0.737. The fraction of sp³-hybridized carbons (Fsp3) is 0.312. The zero-order valence-electron chi connectivity index (χ0n) is 12.1. The Morgan fingerprint density at radius 2 is 2.23 bits per heavy atom. The van der Waals surface area contributed by atoms with Gasteiger partial charge in [0.1, 0.15) is 11.4 Å². The summed E-state index contributed by atoms with van der Waals surface area (Å²) in [6, 6.07) is 3.87. The van der Waals surface area contributed by atoms with Crippen molar-refractivity contribution >= 4 is 16.8 Å². The number of nitrogens with zero attached hydrogens (tertiary/aromatic N) is 4. The predicted octanol–water partition coefficient (Wildman–Crippen LogP) is 2.52. The summed E-state index contributed by atoms with van der Waals surface area (Å²) in [5.41, 5.74) is 0.879. The highest BCUT2D eigenvalue weighted by Gasteiger charge is 2.25. The van der Waals surface area contributed by atoms with Gasteiger partial charge in [0, 0.05) is 37.6 Å². The minimum atomic E-state index is 0.464. The van der Waals surface area contributed by atoms with Crippen molar-refractivity contribution in [2.24, 2.45) is 5.92 Å². The molecule has 0 spiro atoms. The molecular formula is C16H16N4O2. The van der Waals surface area contributed by atoms with Crippen LogP contribution in [0.15, 0.2) is 47.6 Å². The summed E-state index contributed by atoms with van der Waals surface area (Å²) in [5, 5.41) is 1.07. The van der Waals surface area contributed by atoms with E-state index in [1.807, 2.05) is 12.1 Å². The summed E-state index contributed by atoms with van der Waals surface area (Å²) >= 11 is 0. The molecule has 0 saturated carbocycles. The van der Waals surface area contributed by atoms with Gasteiger partial charge in [-0.2, -0.15) is 0 Å². The Morgan fingerprint density at radius 1 is 1.23 bits per heavy atom. The first-order valence-electron chi connectivity index (χ1n) is 7.36. The summed E-state index contributed by atoms with van der Waals surface area (Å²) in [6.07, 6.45) is 9.50. The standard InChI is InChI=1S/C16H16N4O2/c1-4-19-16(13-3-8-21-14(1)13)20-7-2-12(10-20)11-22-15-9-17-5-6-18-15/h1,3-6,8-9,12H,2,7,10-11H2.